The molecule has 0 aromatic heterocycles. The molecule has 0 atom stereocenters. The van der Waals surface area contributed by atoms with E-state index < -0.39 is 5.60 Å². The minimum atomic E-state index is -0.476. The van der Waals surface area contributed by atoms with Crippen LogP contribution in [0.4, 0.5) is 10.5 Å². The van der Waals surface area contributed by atoms with Gasteiger partial charge in [0.25, 0.3) is 0 Å². The third-order valence-electron chi connectivity index (χ3n) is 8.16. The number of ether oxygens (including phenoxy) is 1. The number of hydrogen-bond acceptors (Lipinski definition) is 9. The van der Waals surface area contributed by atoms with E-state index in [0.29, 0.717) is 36.5 Å². The van der Waals surface area contributed by atoms with Gasteiger partial charge in [0.2, 0.25) is 0 Å². The topological polar surface area (TPSA) is 112 Å². The van der Waals surface area contributed by atoms with Gasteiger partial charge in [-0.05, 0) is 87.9 Å². The maximum Gasteiger partial charge on any atom is 0.410 e. The first-order valence-electron chi connectivity index (χ1n) is 16.1. The van der Waals surface area contributed by atoms with Crippen molar-refractivity contribution in [2.45, 2.75) is 71.9 Å². The number of anilines is 1. The van der Waals surface area contributed by atoms with Gasteiger partial charge in [0.05, 0.1) is 11.3 Å². The summed E-state index contributed by atoms with van der Waals surface area (Å²) < 4.78 is 5.43. The maximum absolute atomic E-state index is 12.1. The van der Waals surface area contributed by atoms with Gasteiger partial charge in [-0.15, -0.1) is 0 Å². The van der Waals surface area contributed by atoms with Crippen molar-refractivity contribution < 1.29 is 24.9 Å². The second kappa shape index (κ2) is 15.0. The Labute approximate surface area is 268 Å². The van der Waals surface area contributed by atoms with Crippen molar-refractivity contribution in [3.63, 3.8) is 0 Å². The van der Waals surface area contributed by atoms with E-state index in [-0.39, 0.29) is 29.4 Å². The summed E-state index contributed by atoms with van der Waals surface area (Å²) in [6.07, 6.45) is 4.04. The average molecular weight is 622 g/mol. The normalized spacial score (nSPS) is 16.7. The van der Waals surface area contributed by atoms with Gasteiger partial charge in [-0.25, -0.2) is 4.79 Å². The minimum absolute atomic E-state index is 0.0418. The van der Waals surface area contributed by atoms with Crippen LogP contribution in [0.5, 0.6) is 11.5 Å². The minimum Gasteiger partial charge on any atom is -0.508 e. The van der Waals surface area contributed by atoms with E-state index in [1.165, 1.54) is 11.6 Å². The van der Waals surface area contributed by atoms with Gasteiger partial charge < -0.3 is 29.9 Å². The lowest BCUT2D eigenvalue weighted by atomic mass is 9.98. The third-order valence-corrected chi connectivity index (χ3v) is 8.16. The van der Waals surface area contributed by atoms with Crippen LogP contribution in [0.15, 0.2) is 53.3 Å². The zero-order chi connectivity index (χ0) is 32.7. The Morgan fingerprint density at radius 2 is 1.64 bits per heavy atom. The van der Waals surface area contributed by atoms with Crippen LogP contribution in [0.3, 0.4) is 0 Å². The molecule has 4 rings (SSSR count). The molecule has 2 heterocycles. The van der Waals surface area contributed by atoms with E-state index in [0.717, 1.165) is 57.8 Å². The third kappa shape index (κ3) is 9.37. The number of rotatable bonds is 10. The molecule has 0 aliphatic carbocycles. The maximum atomic E-state index is 12.1. The highest BCUT2D eigenvalue weighted by Crippen LogP contribution is 2.35. The molecule has 246 valence electrons. The van der Waals surface area contributed by atoms with Gasteiger partial charge >= 0.3 is 6.09 Å². The Morgan fingerprint density at radius 1 is 0.978 bits per heavy atom. The van der Waals surface area contributed by atoms with Crippen molar-refractivity contribution >= 4 is 17.6 Å². The second-order valence-electron chi connectivity index (χ2n) is 13.4. The monoisotopic (exact) mass is 621 g/mol. The Balaban J connectivity index is 1.31. The lowest BCUT2D eigenvalue weighted by Gasteiger charge is -2.35. The van der Waals surface area contributed by atoms with Gasteiger partial charge in [0.1, 0.15) is 22.9 Å². The summed E-state index contributed by atoms with van der Waals surface area (Å²) in [5.74, 6) is 0.512. The van der Waals surface area contributed by atoms with E-state index in [1.54, 1.807) is 29.0 Å². The zero-order valence-electron chi connectivity index (χ0n) is 27.8. The van der Waals surface area contributed by atoms with Crippen molar-refractivity contribution in [2.24, 2.45) is 4.99 Å². The summed E-state index contributed by atoms with van der Waals surface area (Å²) >= 11 is 0. The van der Waals surface area contributed by atoms with Crippen molar-refractivity contribution in [1.82, 2.24) is 14.7 Å². The molecular formula is C35H51N5O5. The van der Waals surface area contributed by atoms with E-state index in [2.05, 4.69) is 21.9 Å². The number of amidine groups is 1. The molecule has 1 saturated heterocycles. The highest BCUT2D eigenvalue weighted by atomic mass is 16.6. The second-order valence-corrected chi connectivity index (χ2v) is 13.4. The molecular weight excluding hydrogens is 570 g/mol. The molecule has 1 fully saturated rings. The SMILES string of the molecule is CC(C)c1cc(C2=NCCC=C(O)N2c2ccc(CN3CCN(CCCCN(C)C(=O)OC(C)(C)C)CC3)cc2)c(O)cc1O. The number of aromatic hydroxyl groups is 2. The predicted octanol–water partition coefficient (Wildman–Crippen LogP) is 6.04. The average Bonchev–Trinajstić information content (AvgIpc) is 3.16. The van der Waals surface area contributed by atoms with Crippen LogP contribution in [-0.4, -0.2) is 100 Å². The van der Waals surface area contributed by atoms with Crippen LogP contribution in [0.25, 0.3) is 0 Å². The quantitative estimate of drug-likeness (QED) is 0.275. The molecule has 1 amide bonds. The van der Waals surface area contributed by atoms with E-state index >= 15 is 0 Å². The summed E-state index contributed by atoms with van der Waals surface area (Å²) in [4.78, 5) is 25.1. The van der Waals surface area contributed by atoms with Gasteiger partial charge in [0, 0.05) is 58.9 Å². The van der Waals surface area contributed by atoms with Crippen LogP contribution >= 0.6 is 0 Å². The Kier molecular flexibility index (Phi) is 11.4. The molecule has 2 aliphatic heterocycles. The van der Waals surface area contributed by atoms with Crippen LogP contribution < -0.4 is 4.90 Å². The van der Waals surface area contributed by atoms with Gasteiger partial charge in [-0.1, -0.05) is 26.0 Å². The molecule has 2 aromatic carbocycles. The molecule has 0 bridgehead atoms. The fraction of sp³-hybridized carbons (Fsp3) is 0.543. The fourth-order valence-electron chi connectivity index (χ4n) is 5.63. The number of phenols is 2. The van der Waals surface area contributed by atoms with E-state index in [9.17, 15) is 20.1 Å². The number of aliphatic imine (C=N–C) groups is 1. The number of phenolic OH excluding ortho intramolecular Hbond substituents is 2. The van der Waals surface area contributed by atoms with Crippen molar-refractivity contribution in [3.05, 3.63) is 65.0 Å². The van der Waals surface area contributed by atoms with E-state index in [4.69, 9.17) is 9.73 Å². The number of piperazine rings is 1. The van der Waals surface area contributed by atoms with Gasteiger partial charge in [-0.2, -0.15) is 0 Å². The number of carbonyl (C=O) groups is 1. The molecule has 45 heavy (non-hydrogen) atoms. The molecule has 0 spiro atoms. The summed E-state index contributed by atoms with van der Waals surface area (Å²) in [6.45, 7) is 16.6. The molecule has 0 saturated carbocycles. The Bertz CT molecular complexity index is 1360. The van der Waals surface area contributed by atoms with Crippen LogP contribution in [0, 0.1) is 0 Å². The standard InChI is InChI=1S/C35H51N5O5/c1-25(2)28-22-29(31(42)23-30(28)41)33-36-15-9-10-32(43)40(33)27-13-11-26(12-14-27)24-39-20-18-38(19-21-39)17-8-7-16-37(6)34(44)45-35(3,4)5/h10-14,22-23,25,41-43H,7-9,15-21,24H2,1-6H3. The zero-order valence-corrected chi connectivity index (χ0v) is 27.8. The largest absolute Gasteiger partial charge is 0.508 e. The molecule has 2 aliphatic rings. The predicted molar refractivity (Wildman–Crippen MR) is 179 cm³/mol. The number of hydrogen-bond donors (Lipinski definition) is 3. The Hall–Kier alpha value is -3.76. The molecule has 10 heteroatoms. The first-order valence-corrected chi connectivity index (χ1v) is 16.1. The highest BCUT2D eigenvalue weighted by molar-refractivity contribution is 6.13. The number of aliphatic hydroxyl groups excluding tert-OH is 1. The van der Waals surface area contributed by atoms with Crippen LogP contribution in [0.1, 0.15) is 76.5 Å². The first-order chi connectivity index (χ1) is 21.3. The number of amides is 1. The first kappa shape index (κ1) is 34.1. The van der Waals surface area contributed by atoms with Crippen LogP contribution in [0.2, 0.25) is 0 Å². The lowest BCUT2D eigenvalue weighted by molar-refractivity contribution is 0.0294. The van der Waals surface area contributed by atoms with Crippen LogP contribution in [-0.2, 0) is 11.3 Å². The van der Waals surface area contributed by atoms with E-state index in [1.807, 2.05) is 46.8 Å². The fourth-order valence-corrected chi connectivity index (χ4v) is 5.63. The summed E-state index contributed by atoms with van der Waals surface area (Å²) in [5.41, 5.74) is 2.63. The Morgan fingerprint density at radius 3 is 2.29 bits per heavy atom. The summed E-state index contributed by atoms with van der Waals surface area (Å²) in [6, 6.07) is 11.2. The number of carbonyl (C=O) groups excluding carboxylic acids is 1. The smallest absolute Gasteiger partial charge is 0.410 e. The number of nitrogens with zero attached hydrogens (tertiary/aromatic N) is 5. The highest BCUT2D eigenvalue weighted by Gasteiger charge is 2.26. The number of aliphatic hydroxyl groups is 1. The molecule has 0 radical (unpaired) electrons. The lowest BCUT2D eigenvalue weighted by Crippen LogP contribution is -2.46. The van der Waals surface area contributed by atoms with Crippen molar-refractivity contribution in [3.8, 4) is 11.5 Å². The molecule has 10 nitrogen and oxygen atoms in total. The van der Waals surface area contributed by atoms with Gasteiger partial charge in [0.15, 0.2) is 5.88 Å². The van der Waals surface area contributed by atoms with Gasteiger partial charge in [-0.3, -0.25) is 14.8 Å². The number of unbranched alkanes of at least 4 members (excludes halogenated alkanes) is 1. The number of benzene rings is 2. The molecule has 2 aromatic rings. The molecule has 0 unspecified atom stereocenters. The summed E-state index contributed by atoms with van der Waals surface area (Å²) in [7, 11) is 1.79. The van der Waals surface area contributed by atoms with Crippen molar-refractivity contribution in [2.75, 3.05) is 57.8 Å². The molecule has 3 N–H and O–H groups in total. The van der Waals surface area contributed by atoms with Crippen molar-refractivity contribution in [1.29, 1.82) is 0 Å². The summed E-state index contributed by atoms with van der Waals surface area (Å²) in [5, 5.41) is 32.2.